The van der Waals surface area contributed by atoms with E-state index in [4.69, 9.17) is 0 Å². The fourth-order valence-electron chi connectivity index (χ4n) is 0.955. The smallest absolute Gasteiger partial charge is 0.0302 e. The molecule has 0 bridgehead atoms. The highest BCUT2D eigenvalue weighted by molar-refractivity contribution is 7.11. The topological polar surface area (TPSA) is 0 Å². The average Bonchev–Trinajstić information content (AvgIpc) is 2.15. The predicted octanol–water partition coefficient (Wildman–Crippen LogP) is 2.32. The molecule has 1 aliphatic carbocycles. The molecule has 40 valence electrons. The molecule has 0 aliphatic heterocycles. The van der Waals surface area contributed by atoms with E-state index in [-0.39, 0.29) is 0 Å². The van der Waals surface area contributed by atoms with Crippen LogP contribution in [0.1, 0.15) is 10.4 Å². The summed E-state index contributed by atoms with van der Waals surface area (Å²) in [5.41, 5.74) is 1.50. The van der Waals surface area contributed by atoms with Crippen molar-refractivity contribution in [2.45, 2.75) is 6.42 Å². The van der Waals surface area contributed by atoms with Gasteiger partial charge in [-0.15, -0.1) is 11.3 Å². The summed E-state index contributed by atoms with van der Waals surface area (Å²) in [7, 11) is 0. The second-order valence-electron chi connectivity index (χ2n) is 1.92. The Labute approximate surface area is 52.5 Å². The lowest BCUT2D eigenvalue weighted by Gasteiger charge is -1.79. The van der Waals surface area contributed by atoms with Gasteiger partial charge < -0.3 is 0 Å². The molecule has 1 aromatic heterocycles. The summed E-state index contributed by atoms with van der Waals surface area (Å²) in [5, 5.41) is 2.15. The number of hydrogen-bond donors (Lipinski definition) is 0. The standard InChI is InChI=1S/C7H6S/c1-2-6-4-5-8-7(6)3-1/h1,3-5H,2H2. The first-order valence-corrected chi connectivity index (χ1v) is 3.58. The zero-order valence-electron chi connectivity index (χ0n) is 4.42. The van der Waals surface area contributed by atoms with Gasteiger partial charge in [-0.1, -0.05) is 6.08 Å². The Morgan fingerprint density at radius 3 is 3.38 bits per heavy atom. The van der Waals surface area contributed by atoms with Crippen molar-refractivity contribution in [1.29, 1.82) is 0 Å². The van der Waals surface area contributed by atoms with Crippen molar-refractivity contribution in [1.82, 2.24) is 0 Å². The van der Waals surface area contributed by atoms with Gasteiger partial charge in [-0.3, -0.25) is 0 Å². The van der Waals surface area contributed by atoms with E-state index in [1.165, 1.54) is 10.4 Å². The van der Waals surface area contributed by atoms with E-state index >= 15 is 0 Å². The molecule has 1 heteroatoms. The molecule has 0 saturated carbocycles. The minimum atomic E-state index is 1.15. The van der Waals surface area contributed by atoms with Crippen LogP contribution < -0.4 is 0 Å². The summed E-state index contributed by atoms with van der Waals surface area (Å²) in [6.07, 6.45) is 5.56. The molecular weight excluding hydrogens is 116 g/mol. The van der Waals surface area contributed by atoms with E-state index < -0.39 is 0 Å². The van der Waals surface area contributed by atoms with E-state index in [1.807, 2.05) is 11.3 Å². The monoisotopic (exact) mass is 122 g/mol. The van der Waals surface area contributed by atoms with Crippen molar-refractivity contribution in [3.63, 3.8) is 0 Å². The molecule has 0 unspecified atom stereocenters. The molecule has 1 aliphatic rings. The molecule has 0 aromatic carbocycles. The molecule has 0 amide bonds. The first-order chi connectivity index (χ1) is 3.97. The Hall–Kier alpha value is -0.560. The minimum absolute atomic E-state index is 1.15. The number of allylic oxidation sites excluding steroid dienone is 1. The highest BCUT2D eigenvalue weighted by Gasteiger charge is 2.02. The molecule has 0 saturated heterocycles. The van der Waals surface area contributed by atoms with Crippen molar-refractivity contribution in [3.05, 3.63) is 28.0 Å². The Morgan fingerprint density at radius 1 is 1.50 bits per heavy atom. The van der Waals surface area contributed by atoms with E-state index in [9.17, 15) is 0 Å². The normalized spacial score (nSPS) is 14.5. The van der Waals surface area contributed by atoms with Crippen LogP contribution in [-0.2, 0) is 6.42 Å². The maximum Gasteiger partial charge on any atom is 0.0302 e. The predicted molar refractivity (Wildman–Crippen MR) is 37.1 cm³/mol. The number of thiophene rings is 1. The van der Waals surface area contributed by atoms with Crippen LogP contribution in [0.3, 0.4) is 0 Å². The molecule has 1 heterocycles. The number of fused-ring (bicyclic) bond motifs is 1. The largest absolute Gasteiger partial charge is 0.144 e. The van der Waals surface area contributed by atoms with Crippen molar-refractivity contribution in [2.75, 3.05) is 0 Å². The summed E-state index contributed by atoms with van der Waals surface area (Å²) in [6, 6.07) is 2.19. The maximum atomic E-state index is 2.21. The Balaban J connectivity index is 2.67. The minimum Gasteiger partial charge on any atom is -0.144 e. The molecular formula is C7H6S. The number of rotatable bonds is 0. The third kappa shape index (κ3) is 0.450. The fraction of sp³-hybridized carbons (Fsp3) is 0.143. The van der Waals surface area contributed by atoms with Gasteiger partial charge in [0, 0.05) is 4.88 Å². The highest BCUT2D eigenvalue weighted by Crippen LogP contribution is 2.23. The summed E-state index contributed by atoms with van der Waals surface area (Å²) < 4.78 is 0. The van der Waals surface area contributed by atoms with Crippen LogP contribution in [0.2, 0.25) is 0 Å². The summed E-state index contributed by atoms with van der Waals surface area (Å²) in [6.45, 7) is 0. The summed E-state index contributed by atoms with van der Waals surface area (Å²) >= 11 is 1.83. The Morgan fingerprint density at radius 2 is 2.50 bits per heavy atom. The maximum absolute atomic E-state index is 2.21. The zero-order chi connectivity index (χ0) is 5.40. The fourth-order valence-corrected chi connectivity index (χ4v) is 1.81. The third-order valence-electron chi connectivity index (χ3n) is 1.39. The molecule has 0 spiro atoms. The van der Waals surface area contributed by atoms with Gasteiger partial charge in [-0.2, -0.15) is 0 Å². The van der Waals surface area contributed by atoms with Gasteiger partial charge in [0.2, 0.25) is 0 Å². The van der Waals surface area contributed by atoms with Gasteiger partial charge in [0.15, 0.2) is 0 Å². The molecule has 0 radical (unpaired) electrons. The van der Waals surface area contributed by atoms with E-state index in [2.05, 4.69) is 23.6 Å². The lowest BCUT2D eigenvalue weighted by atomic mass is 10.3. The van der Waals surface area contributed by atoms with Crippen LogP contribution >= 0.6 is 11.3 Å². The molecule has 0 atom stereocenters. The Bertz CT molecular complexity index is 220. The quantitative estimate of drug-likeness (QED) is 0.495. The van der Waals surface area contributed by atoms with Gasteiger partial charge >= 0.3 is 0 Å². The molecule has 0 fully saturated rings. The van der Waals surface area contributed by atoms with Gasteiger partial charge in [0.05, 0.1) is 0 Å². The lowest BCUT2D eigenvalue weighted by molar-refractivity contribution is 1.34. The van der Waals surface area contributed by atoms with Gasteiger partial charge in [-0.05, 0) is 29.5 Å². The van der Waals surface area contributed by atoms with Crippen LogP contribution in [0.25, 0.3) is 6.08 Å². The van der Waals surface area contributed by atoms with Crippen LogP contribution in [0.15, 0.2) is 17.5 Å². The van der Waals surface area contributed by atoms with E-state index in [1.54, 1.807) is 0 Å². The first kappa shape index (κ1) is 4.33. The first-order valence-electron chi connectivity index (χ1n) is 2.70. The van der Waals surface area contributed by atoms with Gasteiger partial charge in [-0.25, -0.2) is 0 Å². The molecule has 1 aromatic rings. The second-order valence-corrected chi connectivity index (χ2v) is 2.86. The van der Waals surface area contributed by atoms with Crippen LogP contribution in [0, 0.1) is 0 Å². The van der Waals surface area contributed by atoms with Gasteiger partial charge in [0.1, 0.15) is 0 Å². The SMILES string of the molecule is C1=Cc2sccc2C1. The zero-order valence-corrected chi connectivity index (χ0v) is 5.24. The molecule has 0 N–H and O–H groups in total. The van der Waals surface area contributed by atoms with Crippen molar-refractivity contribution >= 4 is 17.4 Å². The number of hydrogen-bond acceptors (Lipinski definition) is 1. The third-order valence-corrected chi connectivity index (χ3v) is 2.31. The van der Waals surface area contributed by atoms with Crippen LogP contribution in [-0.4, -0.2) is 0 Å². The molecule has 0 nitrogen and oxygen atoms in total. The van der Waals surface area contributed by atoms with E-state index in [0.29, 0.717) is 0 Å². The van der Waals surface area contributed by atoms with E-state index in [0.717, 1.165) is 6.42 Å². The molecule has 8 heavy (non-hydrogen) atoms. The molecule has 2 rings (SSSR count). The second kappa shape index (κ2) is 1.46. The van der Waals surface area contributed by atoms with Crippen molar-refractivity contribution < 1.29 is 0 Å². The van der Waals surface area contributed by atoms with Crippen LogP contribution in [0.4, 0.5) is 0 Å². The van der Waals surface area contributed by atoms with Crippen molar-refractivity contribution in [3.8, 4) is 0 Å². The van der Waals surface area contributed by atoms with Gasteiger partial charge in [0.25, 0.3) is 0 Å². The van der Waals surface area contributed by atoms with Crippen molar-refractivity contribution in [2.24, 2.45) is 0 Å². The highest BCUT2D eigenvalue weighted by atomic mass is 32.1. The average molecular weight is 122 g/mol. The summed E-state index contributed by atoms with van der Waals surface area (Å²) in [5.74, 6) is 0. The lowest BCUT2D eigenvalue weighted by Crippen LogP contribution is -1.67. The van der Waals surface area contributed by atoms with Crippen LogP contribution in [0.5, 0.6) is 0 Å². The Kier molecular flexibility index (Phi) is 0.788. The summed E-state index contributed by atoms with van der Waals surface area (Å²) in [4.78, 5) is 1.45.